The van der Waals surface area contributed by atoms with Crippen molar-refractivity contribution in [2.45, 2.75) is 19.5 Å². The highest BCUT2D eigenvalue weighted by Gasteiger charge is 2.15. The maximum atomic E-state index is 11.1. The van der Waals surface area contributed by atoms with Crippen LogP contribution in [0, 0.1) is 0 Å². The van der Waals surface area contributed by atoms with Crippen LogP contribution in [0.2, 0.25) is 0 Å². The van der Waals surface area contributed by atoms with Gasteiger partial charge in [0.25, 0.3) is 0 Å². The second kappa shape index (κ2) is 6.97. The van der Waals surface area contributed by atoms with Crippen LogP contribution in [0.25, 0.3) is 0 Å². The molecule has 0 aliphatic carbocycles. The Morgan fingerprint density at radius 1 is 1.09 bits per heavy atom. The van der Waals surface area contributed by atoms with Gasteiger partial charge in [0, 0.05) is 6.42 Å². The number of hydrogen-bond acceptors (Lipinski definition) is 3. The van der Waals surface area contributed by atoms with Crippen molar-refractivity contribution in [3.05, 3.63) is 59.2 Å². The smallest absolute Gasteiger partial charge is 0.329 e. The zero-order valence-electron chi connectivity index (χ0n) is 12.3. The molecule has 3 N–H and O–H groups in total. The Kier molecular flexibility index (Phi) is 5.24. The second-order valence-corrected chi connectivity index (χ2v) is 6.69. The lowest BCUT2D eigenvalue weighted by Gasteiger charge is -2.10. The zero-order valence-corrected chi connectivity index (χ0v) is 13.2. The van der Waals surface area contributed by atoms with Crippen LogP contribution in [0.3, 0.4) is 0 Å². The van der Waals surface area contributed by atoms with Crippen LogP contribution >= 0.6 is 7.60 Å². The van der Waals surface area contributed by atoms with E-state index in [2.05, 4.69) is 0 Å². The minimum absolute atomic E-state index is 0.108. The van der Waals surface area contributed by atoms with Gasteiger partial charge >= 0.3 is 7.60 Å². The Morgan fingerprint density at radius 3 is 2.55 bits per heavy atom. The second-order valence-electron chi connectivity index (χ2n) is 5.04. The lowest BCUT2D eigenvalue weighted by Crippen LogP contribution is -1.95. The summed E-state index contributed by atoms with van der Waals surface area (Å²) in [5.74, 6) is 0.863. The number of phenols is 1. The van der Waals surface area contributed by atoms with Gasteiger partial charge in [0.15, 0.2) is 0 Å². The van der Waals surface area contributed by atoms with Gasteiger partial charge in [-0.05, 0) is 41.8 Å². The molecule has 0 aliphatic heterocycles. The number of hydrogen-bond donors (Lipinski definition) is 3. The molecule has 0 spiro atoms. The molecule has 0 saturated carbocycles. The zero-order chi connectivity index (χ0) is 16.2. The molecule has 0 aromatic heterocycles. The summed E-state index contributed by atoms with van der Waals surface area (Å²) >= 11 is 0. The third-order valence-corrected chi connectivity index (χ3v) is 3.91. The summed E-state index contributed by atoms with van der Waals surface area (Å²) in [6, 6.07) is 12.1. The summed E-state index contributed by atoms with van der Waals surface area (Å²) in [7, 11) is -4.12. The molecule has 118 valence electrons. The maximum Gasteiger partial charge on any atom is 0.329 e. The molecule has 0 saturated heterocycles. The number of ether oxygens (including phenoxy) is 1. The molecule has 0 aliphatic rings. The van der Waals surface area contributed by atoms with E-state index in [0.717, 1.165) is 11.3 Å². The Balaban J connectivity index is 2.23. The molecule has 6 heteroatoms. The molecule has 22 heavy (non-hydrogen) atoms. The molecule has 0 unspecified atom stereocenters. The minimum Gasteiger partial charge on any atom is -0.508 e. The first kappa shape index (κ1) is 16.6. The van der Waals surface area contributed by atoms with E-state index in [1.165, 1.54) is 12.1 Å². The highest BCUT2D eigenvalue weighted by Crippen LogP contribution is 2.39. The minimum atomic E-state index is -4.12. The molecule has 2 rings (SSSR count). The molecule has 0 radical (unpaired) electrons. The van der Waals surface area contributed by atoms with E-state index >= 15 is 0 Å². The van der Waals surface area contributed by atoms with Gasteiger partial charge in [-0.1, -0.05) is 24.3 Å². The highest BCUT2D eigenvalue weighted by molar-refractivity contribution is 7.50. The van der Waals surface area contributed by atoms with E-state index in [4.69, 9.17) is 14.5 Å². The topological polar surface area (TPSA) is 87.0 Å². The van der Waals surface area contributed by atoms with Crippen LogP contribution in [0.1, 0.15) is 23.6 Å². The molecule has 0 heterocycles. The Labute approximate surface area is 129 Å². The van der Waals surface area contributed by atoms with Crippen molar-refractivity contribution >= 4 is 7.60 Å². The van der Waals surface area contributed by atoms with Crippen LogP contribution in [0.15, 0.2) is 42.5 Å². The molecule has 0 fully saturated rings. The van der Waals surface area contributed by atoms with Crippen molar-refractivity contribution in [1.82, 2.24) is 0 Å². The molecule has 0 atom stereocenters. The SMILES string of the molecule is CCOc1cccc(Cc2cc(CP(=O)(O)O)ccc2O)c1. The van der Waals surface area contributed by atoms with Crippen molar-refractivity contribution in [1.29, 1.82) is 0 Å². The van der Waals surface area contributed by atoms with Crippen LogP contribution < -0.4 is 4.74 Å². The van der Waals surface area contributed by atoms with Crippen molar-refractivity contribution < 1.29 is 24.2 Å². The van der Waals surface area contributed by atoms with Crippen molar-refractivity contribution in [2.75, 3.05) is 6.61 Å². The summed E-state index contributed by atoms with van der Waals surface area (Å²) in [5.41, 5.74) is 2.08. The number of rotatable bonds is 6. The van der Waals surface area contributed by atoms with Gasteiger partial charge in [-0.2, -0.15) is 0 Å². The van der Waals surface area contributed by atoms with Gasteiger partial charge in [-0.3, -0.25) is 4.57 Å². The molecule has 5 nitrogen and oxygen atoms in total. The van der Waals surface area contributed by atoms with Gasteiger partial charge in [-0.15, -0.1) is 0 Å². The first-order chi connectivity index (χ1) is 10.4. The van der Waals surface area contributed by atoms with E-state index in [1.54, 1.807) is 6.07 Å². The number of benzene rings is 2. The van der Waals surface area contributed by atoms with Crippen LogP contribution in [0.5, 0.6) is 11.5 Å². The van der Waals surface area contributed by atoms with Gasteiger partial charge in [0.05, 0.1) is 12.8 Å². The Morgan fingerprint density at radius 2 is 1.86 bits per heavy atom. The monoisotopic (exact) mass is 322 g/mol. The fourth-order valence-electron chi connectivity index (χ4n) is 2.25. The highest BCUT2D eigenvalue weighted by atomic mass is 31.2. The Bertz CT molecular complexity index is 693. The van der Waals surface area contributed by atoms with Crippen LogP contribution in [-0.2, 0) is 17.1 Å². The lowest BCUT2D eigenvalue weighted by molar-refractivity contribution is 0.340. The Hall–Kier alpha value is -1.81. The van der Waals surface area contributed by atoms with Gasteiger partial charge in [-0.25, -0.2) is 0 Å². The van der Waals surface area contributed by atoms with E-state index in [1.807, 2.05) is 31.2 Å². The third kappa shape index (κ3) is 4.88. The van der Waals surface area contributed by atoms with E-state index < -0.39 is 7.60 Å². The summed E-state index contributed by atoms with van der Waals surface area (Å²) in [6.07, 6.45) is 0.126. The largest absolute Gasteiger partial charge is 0.508 e. The maximum absolute atomic E-state index is 11.1. The van der Waals surface area contributed by atoms with Gasteiger partial charge < -0.3 is 19.6 Å². The quantitative estimate of drug-likeness (QED) is 0.712. The fraction of sp³-hybridized carbons (Fsp3) is 0.250. The molecular weight excluding hydrogens is 303 g/mol. The summed E-state index contributed by atoms with van der Waals surface area (Å²) < 4.78 is 16.5. The number of aromatic hydroxyl groups is 1. The molecule has 2 aromatic carbocycles. The van der Waals surface area contributed by atoms with Crippen molar-refractivity contribution in [3.8, 4) is 11.5 Å². The molecular formula is C16H19O5P. The summed E-state index contributed by atoms with van der Waals surface area (Å²) in [5, 5.41) is 9.94. The van der Waals surface area contributed by atoms with E-state index in [0.29, 0.717) is 24.2 Å². The predicted octanol–water partition coefficient (Wildman–Crippen LogP) is 3.06. The molecule has 0 bridgehead atoms. The summed E-state index contributed by atoms with van der Waals surface area (Å²) in [4.78, 5) is 18.1. The number of phenolic OH excluding ortho intramolecular Hbond substituents is 1. The molecule has 0 amide bonds. The van der Waals surface area contributed by atoms with E-state index in [9.17, 15) is 9.67 Å². The van der Waals surface area contributed by atoms with E-state index in [-0.39, 0.29) is 11.9 Å². The first-order valence-corrected chi connectivity index (χ1v) is 8.74. The lowest BCUT2D eigenvalue weighted by atomic mass is 10.0. The first-order valence-electron chi connectivity index (χ1n) is 6.94. The molecule has 2 aromatic rings. The third-order valence-electron chi connectivity index (χ3n) is 3.14. The van der Waals surface area contributed by atoms with Crippen molar-refractivity contribution in [3.63, 3.8) is 0 Å². The van der Waals surface area contributed by atoms with Gasteiger partial charge in [0.2, 0.25) is 0 Å². The average molecular weight is 322 g/mol. The van der Waals surface area contributed by atoms with Crippen LogP contribution in [0.4, 0.5) is 0 Å². The normalized spacial score (nSPS) is 11.4. The fourth-order valence-corrected chi connectivity index (χ4v) is 2.92. The van der Waals surface area contributed by atoms with Crippen molar-refractivity contribution in [2.24, 2.45) is 0 Å². The van der Waals surface area contributed by atoms with Crippen LogP contribution in [-0.4, -0.2) is 21.5 Å². The van der Waals surface area contributed by atoms with Gasteiger partial charge in [0.1, 0.15) is 11.5 Å². The standard InChI is InChI=1S/C16H19O5P/c1-2-21-15-5-3-4-12(10-15)8-14-9-13(6-7-16(14)17)11-22(18,19)20/h3-7,9-10,17H,2,8,11H2,1H3,(H2,18,19,20). The summed E-state index contributed by atoms with van der Waals surface area (Å²) in [6.45, 7) is 2.48. The predicted molar refractivity (Wildman–Crippen MR) is 84.3 cm³/mol. The average Bonchev–Trinajstić information content (AvgIpc) is 2.42.